The molecule has 3 aromatic rings. The SMILES string of the molecule is Cc1ccc2cc1COCCCCNC(O)c1ccc(c(C)c1)-c1ccnc(n1)N2. The van der Waals surface area contributed by atoms with Crippen LogP contribution in [0.25, 0.3) is 11.3 Å². The van der Waals surface area contributed by atoms with Crippen LogP contribution in [0.4, 0.5) is 11.6 Å². The molecule has 0 saturated carbocycles. The largest absolute Gasteiger partial charge is 0.377 e. The Kier molecular flexibility index (Phi) is 6.38. The molecule has 30 heavy (non-hydrogen) atoms. The van der Waals surface area contributed by atoms with Crippen molar-refractivity contribution in [3.8, 4) is 11.3 Å². The molecule has 0 saturated heterocycles. The average molecular weight is 405 g/mol. The number of aliphatic hydroxyl groups excluding tert-OH is 1. The van der Waals surface area contributed by atoms with Crippen molar-refractivity contribution >= 4 is 11.6 Å². The first-order valence-corrected chi connectivity index (χ1v) is 10.4. The lowest BCUT2D eigenvalue weighted by Crippen LogP contribution is -2.22. The van der Waals surface area contributed by atoms with Gasteiger partial charge in [0.25, 0.3) is 0 Å². The van der Waals surface area contributed by atoms with Crippen LogP contribution in [-0.2, 0) is 11.3 Å². The predicted molar refractivity (Wildman–Crippen MR) is 119 cm³/mol. The zero-order valence-electron chi connectivity index (χ0n) is 17.5. The number of benzene rings is 2. The summed E-state index contributed by atoms with van der Waals surface area (Å²) in [6.07, 6.45) is 2.95. The van der Waals surface area contributed by atoms with Gasteiger partial charge in [0.15, 0.2) is 0 Å². The zero-order chi connectivity index (χ0) is 20.9. The number of hydrogen-bond acceptors (Lipinski definition) is 6. The number of ether oxygens (including phenoxy) is 1. The first-order chi connectivity index (χ1) is 14.6. The van der Waals surface area contributed by atoms with Gasteiger partial charge in [-0.3, -0.25) is 5.32 Å². The standard InChI is InChI=1S/C24H28N4O2/c1-16-5-7-20-14-19(16)15-30-12-4-3-10-25-23(29)18-6-8-21(17(2)13-18)22-9-11-26-24(27-20)28-22/h5-9,11,13-14,23,25,29H,3-4,10,12,15H2,1-2H3,(H,26,27,28). The molecule has 156 valence electrons. The third-order valence-electron chi connectivity index (χ3n) is 5.41. The van der Waals surface area contributed by atoms with Crippen molar-refractivity contribution in [3.05, 3.63) is 70.9 Å². The second-order valence-electron chi connectivity index (χ2n) is 7.72. The van der Waals surface area contributed by atoms with E-state index in [1.54, 1.807) is 6.20 Å². The van der Waals surface area contributed by atoms with E-state index in [0.717, 1.165) is 53.0 Å². The molecule has 0 spiro atoms. The Bertz CT molecular complexity index is 1020. The van der Waals surface area contributed by atoms with Crippen molar-refractivity contribution in [3.63, 3.8) is 0 Å². The summed E-state index contributed by atoms with van der Waals surface area (Å²) in [5, 5.41) is 17.0. The number of aromatic nitrogens is 2. The molecule has 2 aromatic carbocycles. The van der Waals surface area contributed by atoms with Crippen molar-refractivity contribution < 1.29 is 9.84 Å². The van der Waals surface area contributed by atoms with Crippen molar-refractivity contribution in [2.24, 2.45) is 0 Å². The Morgan fingerprint density at radius 2 is 1.93 bits per heavy atom. The second-order valence-corrected chi connectivity index (χ2v) is 7.72. The smallest absolute Gasteiger partial charge is 0.227 e. The molecular formula is C24H28N4O2. The Hall–Kier alpha value is -2.80. The zero-order valence-corrected chi connectivity index (χ0v) is 17.5. The van der Waals surface area contributed by atoms with E-state index >= 15 is 0 Å². The number of nitrogens with zero attached hydrogens (tertiary/aromatic N) is 2. The van der Waals surface area contributed by atoms with E-state index in [9.17, 15) is 5.11 Å². The molecule has 1 unspecified atom stereocenters. The molecular weight excluding hydrogens is 376 g/mol. The van der Waals surface area contributed by atoms with Crippen LogP contribution in [0.5, 0.6) is 0 Å². The lowest BCUT2D eigenvalue weighted by atomic mass is 10.0. The number of aliphatic hydroxyl groups is 1. The molecule has 6 bridgehead atoms. The minimum Gasteiger partial charge on any atom is -0.377 e. The quantitative estimate of drug-likeness (QED) is 0.516. The lowest BCUT2D eigenvalue weighted by Gasteiger charge is -2.15. The third-order valence-corrected chi connectivity index (χ3v) is 5.41. The predicted octanol–water partition coefficient (Wildman–Crippen LogP) is 4.39. The van der Waals surface area contributed by atoms with Gasteiger partial charge in [-0.2, -0.15) is 0 Å². The van der Waals surface area contributed by atoms with E-state index in [0.29, 0.717) is 19.2 Å². The summed E-state index contributed by atoms with van der Waals surface area (Å²) in [5.41, 5.74) is 7.05. The van der Waals surface area contributed by atoms with Gasteiger partial charge in [-0.05, 0) is 73.7 Å². The van der Waals surface area contributed by atoms with Gasteiger partial charge in [-0.25, -0.2) is 9.97 Å². The normalized spacial score (nSPS) is 17.5. The highest BCUT2D eigenvalue weighted by Gasteiger charge is 2.12. The monoisotopic (exact) mass is 404 g/mol. The summed E-state index contributed by atoms with van der Waals surface area (Å²) in [4.78, 5) is 9.08. The summed E-state index contributed by atoms with van der Waals surface area (Å²) in [6, 6.07) is 14.1. The maximum absolute atomic E-state index is 10.5. The van der Waals surface area contributed by atoms with E-state index in [1.165, 1.54) is 5.56 Å². The van der Waals surface area contributed by atoms with Gasteiger partial charge in [0.05, 0.1) is 12.3 Å². The summed E-state index contributed by atoms with van der Waals surface area (Å²) in [7, 11) is 0. The van der Waals surface area contributed by atoms with Gasteiger partial charge >= 0.3 is 0 Å². The lowest BCUT2D eigenvalue weighted by molar-refractivity contribution is 0.111. The molecule has 0 aliphatic carbocycles. The molecule has 0 fully saturated rings. The summed E-state index contributed by atoms with van der Waals surface area (Å²) < 4.78 is 5.87. The fourth-order valence-corrected chi connectivity index (χ4v) is 3.61. The fourth-order valence-electron chi connectivity index (χ4n) is 3.61. The summed E-state index contributed by atoms with van der Waals surface area (Å²) in [6.45, 7) is 6.12. The topological polar surface area (TPSA) is 79.3 Å². The molecule has 1 aromatic heterocycles. The molecule has 5 rings (SSSR count). The van der Waals surface area contributed by atoms with Crippen LogP contribution < -0.4 is 10.6 Å². The number of fused-ring (bicyclic) bond motifs is 9. The van der Waals surface area contributed by atoms with Crippen LogP contribution in [0.1, 0.15) is 41.3 Å². The molecule has 3 heterocycles. The maximum atomic E-state index is 10.5. The number of hydrogen-bond donors (Lipinski definition) is 3. The minimum absolute atomic E-state index is 0.548. The molecule has 6 nitrogen and oxygen atoms in total. The van der Waals surface area contributed by atoms with Crippen LogP contribution in [0.15, 0.2) is 48.7 Å². The van der Waals surface area contributed by atoms with Gasteiger partial charge in [-0.1, -0.05) is 24.3 Å². The highest BCUT2D eigenvalue weighted by atomic mass is 16.5. The Morgan fingerprint density at radius 1 is 1.03 bits per heavy atom. The average Bonchev–Trinajstić information content (AvgIpc) is 2.74. The van der Waals surface area contributed by atoms with Crippen molar-refractivity contribution in [1.82, 2.24) is 15.3 Å². The highest BCUT2D eigenvalue weighted by molar-refractivity contribution is 5.66. The summed E-state index contributed by atoms with van der Waals surface area (Å²) >= 11 is 0. The van der Waals surface area contributed by atoms with E-state index in [1.807, 2.05) is 37.3 Å². The third kappa shape index (κ3) is 4.84. The first-order valence-electron chi connectivity index (χ1n) is 10.4. The molecule has 1 atom stereocenters. The van der Waals surface area contributed by atoms with Crippen molar-refractivity contribution in [1.29, 1.82) is 0 Å². The number of anilines is 2. The van der Waals surface area contributed by atoms with Gasteiger partial charge in [0.1, 0.15) is 6.23 Å². The van der Waals surface area contributed by atoms with Crippen LogP contribution >= 0.6 is 0 Å². The Balaban J connectivity index is 1.68. The van der Waals surface area contributed by atoms with Crippen molar-refractivity contribution in [2.45, 2.75) is 39.5 Å². The Labute approximate surface area is 177 Å². The van der Waals surface area contributed by atoms with Crippen molar-refractivity contribution in [2.75, 3.05) is 18.5 Å². The van der Waals surface area contributed by atoms with Crippen LogP contribution in [0.3, 0.4) is 0 Å². The fraction of sp³-hybridized carbons (Fsp3) is 0.333. The molecule has 6 heteroatoms. The van der Waals surface area contributed by atoms with Crippen LogP contribution in [0, 0.1) is 13.8 Å². The molecule has 0 amide bonds. The van der Waals surface area contributed by atoms with E-state index in [4.69, 9.17) is 9.72 Å². The van der Waals surface area contributed by atoms with Gasteiger partial charge in [0, 0.05) is 24.1 Å². The summed E-state index contributed by atoms with van der Waals surface area (Å²) in [5.74, 6) is 0.548. The number of aryl methyl sites for hydroxylation is 2. The van der Waals surface area contributed by atoms with E-state index in [2.05, 4.69) is 34.7 Å². The molecule has 2 aliphatic rings. The van der Waals surface area contributed by atoms with Gasteiger partial charge < -0.3 is 15.2 Å². The van der Waals surface area contributed by atoms with Gasteiger partial charge in [-0.15, -0.1) is 0 Å². The number of rotatable bonds is 0. The second kappa shape index (κ2) is 9.34. The highest BCUT2D eigenvalue weighted by Crippen LogP contribution is 2.26. The first kappa shape index (κ1) is 20.5. The van der Waals surface area contributed by atoms with E-state index in [-0.39, 0.29) is 0 Å². The molecule has 0 radical (unpaired) electrons. The minimum atomic E-state index is -0.687. The van der Waals surface area contributed by atoms with Crippen LogP contribution in [-0.4, -0.2) is 28.2 Å². The van der Waals surface area contributed by atoms with E-state index < -0.39 is 6.23 Å². The Morgan fingerprint density at radius 3 is 2.80 bits per heavy atom. The molecule has 3 N–H and O–H groups in total. The number of nitrogens with one attached hydrogen (secondary N) is 2. The van der Waals surface area contributed by atoms with Gasteiger partial charge in [0.2, 0.25) is 5.95 Å². The maximum Gasteiger partial charge on any atom is 0.227 e. The van der Waals surface area contributed by atoms with Crippen LogP contribution in [0.2, 0.25) is 0 Å². The molecule has 2 aliphatic heterocycles.